The molecule has 0 spiro atoms. The van der Waals surface area contributed by atoms with E-state index in [2.05, 4.69) is 10.6 Å². The molecule has 0 bridgehead atoms. The summed E-state index contributed by atoms with van der Waals surface area (Å²) < 4.78 is 18.3. The van der Waals surface area contributed by atoms with E-state index in [0.29, 0.717) is 35.4 Å². The number of carbonyl (C=O) groups excluding carboxylic acids is 2. The highest BCUT2D eigenvalue weighted by molar-refractivity contribution is 6.14. The van der Waals surface area contributed by atoms with Gasteiger partial charge in [0.15, 0.2) is 5.69 Å². The lowest BCUT2D eigenvalue weighted by molar-refractivity contribution is 0.0580. The van der Waals surface area contributed by atoms with Gasteiger partial charge in [-0.1, -0.05) is 18.2 Å². The Labute approximate surface area is 203 Å². The van der Waals surface area contributed by atoms with Gasteiger partial charge in [0.05, 0.1) is 37.3 Å². The maximum atomic E-state index is 13.1. The molecule has 1 amide bonds. The molecule has 2 aliphatic rings. The highest BCUT2D eigenvalue weighted by atomic mass is 16.5. The van der Waals surface area contributed by atoms with E-state index in [-0.39, 0.29) is 23.7 Å². The van der Waals surface area contributed by atoms with Gasteiger partial charge in [0.1, 0.15) is 5.65 Å². The molecular weight excluding hydrogens is 448 g/mol. The number of carbonyl (C=O) groups is 2. The van der Waals surface area contributed by atoms with Crippen molar-refractivity contribution in [2.75, 3.05) is 37.6 Å². The van der Waals surface area contributed by atoms with Crippen molar-refractivity contribution < 1.29 is 23.8 Å². The fourth-order valence-electron chi connectivity index (χ4n) is 4.76. The van der Waals surface area contributed by atoms with Crippen LogP contribution in [-0.2, 0) is 20.8 Å². The fraction of sp³-hybridized carbons (Fsp3) is 0.423. The SMILES string of the molecule is COC(=O)c1c(NC(=O)c2ccccc2)c2cc(NC3CCOCC3)cnc2n1CC1CCCO1. The third-order valence-corrected chi connectivity index (χ3v) is 6.55. The predicted octanol–water partition coefficient (Wildman–Crippen LogP) is 3.85. The van der Waals surface area contributed by atoms with E-state index in [1.807, 2.05) is 16.7 Å². The summed E-state index contributed by atoms with van der Waals surface area (Å²) >= 11 is 0. The summed E-state index contributed by atoms with van der Waals surface area (Å²) in [5.41, 5.74) is 2.57. The van der Waals surface area contributed by atoms with Crippen LogP contribution in [0.15, 0.2) is 42.6 Å². The monoisotopic (exact) mass is 478 g/mol. The Morgan fingerprint density at radius 1 is 1.14 bits per heavy atom. The molecule has 1 unspecified atom stereocenters. The maximum absolute atomic E-state index is 13.1. The number of anilines is 2. The Bertz CT molecular complexity index is 1200. The zero-order chi connectivity index (χ0) is 24.2. The Balaban J connectivity index is 1.59. The van der Waals surface area contributed by atoms with Gasteiger partial charge < -0.3 is 29.4 Å². The number of rotatable bonds is 7. The van der Waals surface area contributed by atoms with Crippen LogP contribution in [0, 0.1) is 0 Å². The number of esters is 1. The lowest BCUT2D eigenvalue weighted by Gasteiger charge is -2.24. The molecule has 3 aromatic rings. The summed E-state index contributed by atoms with van der Waals surface area (Å²) in [5.74, 6) is -0.849. The van der Waals surface area contributed by atoms with Gasteiger partial charge in [-0.05, 0) is 43.9 Å². The molecule has 2 fully saturated rings. The average Bonchev–Trinajstić information content (AvgIpc) is 3.51. The van der Waals surface area contributed by atoms with Crippen molar-refractivity contribution in [3.05, 3.63) is 53.9 Å². The first-order chi connectivity index (χ1) is 17.1. The van der Waals surface area contributed by atoms with Crippen LogP contribution >= 0.6 is 0 Å². The van der Waals surface area contributed by atoms with Crippen molar-refractivity contribution in [1.82, 2.24) is 9.55 Å². The van der Waals surface area contributed by atoms with Gasteiger partial charge in [-0.15, -0.1) is 0 Å². The third kappa shape index (κ3) is 5.01. The van der Waals surface area contributed by atoms with Gasteiger partial charge in [-0.25, -0.2) is 9.78 Å². The zero-order valence-electron chi connectivity index (χ0n) is 19.8. The average molecular weight is 479 g/mol. The van der Waals surface area contributed by atoms with Crippen LogP contribution in [0.25, 0.3) is 11.0 Å². The molecule has 2 aromatic heterocycles. The van der Waals surface area contributed by atoms with Crippen LogP contribution < -0.4 is 10.6 Å². The summed E-state index contributed by atoms with van der Waals surface area (Å²) in [4.78, 5) is 30.9. The van der Waals surface area contributed by atoms with Gasteiger partial charge in [0.25, 0.3) is 5.91 Å². The molecule has 2 N–H and O–H groups in total. The maximum Gasteiger partial charge on any atom is 0.356 e. The number of benzene rings is 1. The third-order valence-electron chi connectivity index (χ3n) is 6.55. The predicted molar refractivity (Wildman–Crippen MR) is 132 cm³/mol. The largest absolute Gasteiger partial charge is 0.464 e. The number of hydrogen-bond donors (Lipinski definition) is 2. The van der Waals surface area contributed by atoms with Crippen LogP contribution in [0.5, 0.6) is 0 Å². The second kappa shape index (κ2) is 10.5. The van der Waals surface area contributed by atoms with Crippen molar-refractivity contribution in [1.29, 1.82) is 0 Å². The first-order valence-electron chi connectivity index (χ1n) is 12.1. The number of fused-ring (bicyclic) bond motifs is 1. The van der Waals surface area contributed by atoms with E-state index >= 15 is 0 Å². The molecule has 2 saturated heterocycles. The van der Waals surface area contributed by atoms with Gasteiger partial charge in [-0.3, -0.25) is 4.79 Å². The van der Waals surface area contributed by atoms with Crippen LogP contribution in [0.1, 0.15) is 46.5 Å². The summed E-state index contributed by atoms with van der Waals surface area (Å²) in [6.07, 6.45) is 5.42. The summed E-state index contributed by atoms with van der Waals surface area (Å²) in [6, 6.07) is 11.1. The molecule has 9 heteroatoms. The second-order valence-corrected chi connectivity index (χ2v) is 8.91. The van der Waals surface area contributed by atoms with Crippen molar-refractivity contribution in [2.24, 2.45) is 0 Å². The Morgan fingerprint density at radius 2 is 1.94 bits per heavy atom. The van der Waals surface area contributed by atoms with E-state index < -0.39 is 5.97 Å². The van der Waals surface area contributed by atoms with E-state index in [1.165, 1.54) is 7.11 Å². The fourth-order valence-corrected chi connectivity index (χ4v) is 4.76. The van der Waals surface area contributed by atoms with Gasteiger partial charge in [-0.2, -0.15) is 0 Å². The summed E-state index contributed by atoms with van der Waals surface area (Å²) in [7, 11) is 1.34. The van der Waals surface area contributed by atoms with Crippen molar-refractivity contribution in [2.45, 2.75) is 44.4 Å². The first kappa shape index (κ1) is 23.3. The highest BCUT2D eigenvalue weighted by Gasteiger charge is 2.29. The topological polar surface area (TPSA) is 104 Å². The number of aromatic nitrogens is 2. The van der Waals surface area contributed by atoms with Gasteiger partial charge in [0.2, 0.25) is 0 Å². The van der Waals surface area contributed by atoms with Crippen LogP contribution in [0.3, 0.4) is 0 Å². The van der Waals surface area contributed by atoms with Crippen LogP contribution in [-0.4, -0.2) is 60.5 Å². The van der Waals surface area contributed by atoms with Crippen LogP contribution in [0.4, 0.5) is 11.4 Å². The quantitative estimate of drug-likeness (QED) is 0.497. The molecule has 35 heavy (non-hydrogen) atoms. The molecule has 0 radical (unpaired) electrons. The molecule has 1 atom stereocenters. The molecule has 184 valence electrons. The lowest BCUT2D eigenvalue weighted by atomic mass is 10.1. The number of nitrogens with zero attached hydrogens (tertiary/aromatic N) is 2. The number of methoxy groups -OCH3 is 1. The number of nitrogens with one attached hydrogen (secondary N) is 2. The van der Waals surface area contributed by atoms with E-state index in [1.54, 1.807) is 30.5 Å². The van der Waals surface area contributed by atoms with Crippen molar-refractivity contribution in [3.8, 4) is 0 Å². The summed E-state index contributed by atoms with van der Waals surface area (Å²) in [5, 5.41) is 7.17. The summed E-state index contributed by atoms with van der Waals surface area (Å²) in [6.45, 7) is 2.58. The van der Waals surface area contributed by atoms with Crippen molar-refractivity contribution >= 4 is 34.3 Å². The molecule has 4 heterocycles. The lowest BCUT2D eigenvalue weighted by Crippen LogP contribution is -2.27. The number of amides is 1. The number of pyridine rings is 1. The minimum absolute atomic E-state index is 0.0338. The molecule has 0 aliphatic carbocycles. The number of ether oxygens (including phenoxy) is 3. The van der Waals surface area contributed by atoms with E-state index in [4.69, 9.17) is 19.2 Å². The standard InChI is InChI=1S/C26H30N4O5/c1-33-26(32)23-22(29-25(31)17-6-3-2-4-7-17)21-14-19(28-18-9-12-34-13-10-18)15-27-24(21)30(23)16-20-8-5-11-35-20/h2-4,6-7,14-15,18,20,28H,5,8-13,16H2,1H3,(H,29,31). The highest BCUT2D eigenvalue weighted by Crippen LogP contribution is 2.34. The molecule has 2 aliphatic heterocycles. The van der Waals surface area contributed by atoms with Gasteiger partial charge >= 0.3 is 5.97 Å². The molecule has 1 aromatic carbocycles. The van der Waals surface area contributed by atoms with Crippen molar-refractivity contribution in [3.63, 3.8) is 0 Å². The van der Waals surface area contributed by atoms with E-state index in [0.717, 1.165) is 44.6 Å². The molecular formula is C26H30N4O5. The molecule has 9 nitrogen and oxygen atoms in total. The number of hydrogen-bond acceptors (Lipinski definition) is 7. The normalized spacial score (nSPS) is 18.5. The minimum atomic E-state index is -0.539. The Morgan fingerprint density at radius 3 is 2.66 bits per heavy atom. The van der Waals surface area contributed by atoms with E-state index in [9.17, 15) is 9.59 Å². The second-order valence-electron chi connectivity index (χ2n) is 8.91. The van der Waals surface area contributed by atoms with Crippen LogP contribution in [0.2, 0.25) is 0 Å². The Kier molecular flexibility index (Phi) is 6.96. The minimum Gasteiger partial charge on any atom is -0.464 e. The molecule has 5 rings (SSSR count). The molecule has 0 saturated carbocycles. The first-order valence-corrected chi connectivity index (χ1v) is 12.1. The van der Waals surface area contributed by atoms with Gasteiger partial charge in [0, 0.05) is 36.8 Å². The smallest absolute Gasteiger partial charge is 0.356 e. The zero-order valence-corrected chi connectivity index (χ0v) is 19.8. The Hall–Kier alpha value is -3.43.